The molecule has 2 saturated heterocycles. The van der Waals surface area contributed by atoms with Gasteiger partial charge in [0.05, 0.1) is 6.04 Å². The maximum atomic E-state index is 12.7. The first-order valence-electron chi connectivity index (χ1n) is 9.92. The number of amides is 1. The van der Waals surface area contributed by atoms with Crippen molar-refractivity contribution in [3.8, 4) is 11.1 Å². The molecule has 2 aromatic carbocycles. The third kappa shape index (κ3) is 3.39. The number of benzene rings is 2. The Bertz CT molecular complexity index is 1060. The summed E-state index contributed by atoms with van der Waals surface area (Å²) in [5, 5.41) is 0. The van der Waals surface area contributed by atoms with Crippen molar-refractivity contribution < 1.29 is 4.79 Å². The predicted octanol–water partition coefficient (Wildman–Crippen LogP) is 2.05. The molecule has 3 heterocycles. The Kier molecular flexibility index (Phi) is 4.54. The molecule has 2 aliphatic rings. The van der Waals surface area contributed by atoms with E-state index in [1.165, 1.54) is 22.9 Å². The topological polar surface area (TPSA) is 93.0 Å². The van der Waals surface area contributed by atoms with Crippen LogP contribution in [0.3, 0.4) is 0 Å². The Hall–Kier alpha value is -3.16. The largest absolute Gasteiger partial charge is 0.337 e. The number of aromatic nitrogens is 2. The van der Waals surface area contributed by atoms with Crippen molar-refractivity contribution in [1.82, 2.24) is 25.7 Å². The number of carbonyl (C=O) groups excluding carboxylic acids is 1. The number of imidazole rings is 1. The number of rotatable bonds is 3. The number of carbonyl (C=O) groups is 1. The van der Waals surface area contributed by atoms with Crippen LogP contribution < -0.4 is 16.5 Å². The molecule has 3 unspecified atom stereocenters. The fourth-order valence-corrected chi connectivity index (χ4v) is 4.45. The summed E-state index contributed by atoms with van der Waals surface area (Å²) in [4.78, 5) is 31.0. The van der Waals surface area contributed by atoms with Crippen LogP contribution in [0.1, 0.15) is 28.5 Å². The van der Waals surface area contributed by atoms with E-state index in [4.69, 9.17) is 0 Å². The van der Waals surface area contributed by atoms with Gasteiger partial charge in [-0.05, 0) is 23.1 Å². The summed E-state index contributed by atoms with van der Waals surface area (Å²) in [7, 11) is 0. The highest BCUT2D eigenvalue weighted by atomic mass is 16.2. The number of nitrogens with one attached hydrogen (secondary N) is 4. The van der Waals surface area contributed by atoms with Crippen LogP contribution in [-0.4, -0.2) is 39.9 Å². The average molecular weight is 389 g/mol. The second-order valence-corrected chi connectivity index (χ2v) is 7.72. The predicted molar refractivity (Wildman–Crippen MR) is 110 cm³/mol. The van der Waals surface area contributed by atoms with Crippen LogP contribution in [0.2, 0.25) is 0 Å². The van der Waals surface area contributed by atoms with Crippen LogP contribution in [0.4, 0.5) is 0 Å². The van der Waals surface area contributed by atoms with Crippen molar-refractivity contribution in [2.24, 2.45) is 5.92 Å². The molecule has 0 bridgehead atoms. The highest BCUT2D eigenvalue weighted by molar-refractivity contribution is 5.92. The molecule has 3 atom stereocenters. The maximum Gasteiger partial charge on any atom is 0.323 e. The zero-order valence-corrected chi connectivity index (χ0v) is 15.9. The van der Waals surface area contributed by atoms with Gasteiger partial charge >= 0.3 is 5.69 Å². The summed E-state index contributed by atoms with van der Waals surface area (Å²) in [6.45, 7) is 1.31. The Morgan fingerprint density at radius 3 is 2.45 bits per heavy atom. The van der Waals surface area contributed by atoms with Crippen LogP contribution in [0.15, 0.2) is 65.6 Å². The molecule has 0 saturated carbocycles. The van der Waals surface area contributed by atoms with Crippen LogP contribution in [0.5, 0.6) is 0 Å². The summed E-state index contributed by atoms with van der Waals surface area (Å²) in [5.74, 6) is 0.132. The lowest BCUT2D eigenvalue weighted by Gasteiger charge is -2.36. The fourth-order valence-electron chi connectivity index (χ4n) is 4.45. The van der Waals surface area contributed by atoms with E-state index in [1.807, 2.05) is 23.1 Å². The number of nitrogens with zero attached hydrogens (tertiary/aromatic N) is 1. The monoisotopic (exact) mass is 389 g/mol. The molecule has 0 aliphatic carbocycles. The molecule has 7 nitrogen and oxygen atoms in total. The maximum absolute atomic E-state index is 12.7. The molecule has 0 radical (unpaired) electrons. The smallest absolute Gasteiger partial charge is 0.323 e. The first-order valence-corrected chi connectivity index (χ1v) is 9.92. The molecular weight excluding hydrogens is 366 g/mol. The van der Waals surface area contributed by atoms with E-state index in [1.54, 1.807) is 0 Å². The highest BCUT2D eigenvalue weighted by Gasteiger charge is 2.41. The molecule has 5 rings (SSSR count). The Balaban J connectivity index is 1.34. The quantitative estimate of drug-likeness (QED) is 0.552. The van der Waals surface area contributed by atoms with Crippen LogP contribution in [-0.2, 0) is 0 Å². The summed E-state index contributed by atoms with van der Waals surface area (Å²) in [6, 6.07) is 19.4. The minimum atomic E-state index is -0.358. The number of hydrazine groups is 1. The van der Waals surface area contributed by atoms with E-state index in [2.05, 4.69) is 57.2 Å². The first-order chi connectivity index (χ1) is 14.2. The highest BCUT2D eigenvalue weighted by Crippen LogP contribution is 2.34. The normalized spacial score (nSPS) is 23.7. The molecule has 0 spiro atoms. The zero-order chi connectivity index (χ0) is 19.8. The standard InChI is InChI=1S/C22H23N5O2/c28-21(19-12-23-22(29)24-19)27-11-10-18-17(13-27)20(26-25-18)16-8-6-15(7-9-16)14-4-2-1-3-5-14/h1-9,12,17-18,20,25-26H,10-11,13H2,(H2,23,24,29). The van der Waals surface area contributed by atoms with Gasteiger partial charge < -0.3 is 14.9 Å². The zero-order valence-electron chi connectivity index (χ0n) is 15.9. The van der Waals surface area contributed by atoms with E-state index < -0.39 is 0 Å². The molecule has 1 aromatic heterocycles. The van der Waals surface area contributed by atoms with E-state index in [-0.39, 0.29) is 23.6 Å². The minimum Gasteiger partial charge on any atom is -0.337 e. The van der Waals surface area contributed by atoms with E-state index in [0.717, 1.165) is 6.42 Å². The number of piperidine rings is 1. The number of aromatic amines is 2. The van der Waals surface area contributed by atoms with Gasteiger partial charge in [0.15, 0.2) is 0 Å². The summed E-state index contributed by atoms with van der Waals surface area (Å²) >= 11 is 0. The second kappa shape index (κ2) is 7.35. The van der Waals surface area contributed by atoms with Crippen LogP contribution in [0.25, 0.3) is 11.1 Å². The van der Waals surface area contributed by atoms with Crippen molar-refractivity contribution in [3.05, 3.63) is 82.5 Å². The lowest BCUT2D eigenvalue weighted by atomic mass is 9.84. The van der Waals surface area contributed by atoms with Crippen molar-refractivity contribution in [2.75, 3.05) is 13.1 Å². The van der Waals surface area contributed by atoms with E-state index in [0.29, 0.717) is 24.8 Å². The second-order valence-electron chi connectivity index (χ2n) is 7.72. The molecule has 2 fully saturated rings. The van der Waals surface area contributed by atoms with Gasteiger partial charge in [-0.15, -0.1) is 0 Å². The fraction of sp³-hybridized carbons (Fsp3) is 0.273. The molecule has 7 heteroatoms. The lowest BCUT2D eigenvalue weighted by Crippen LogP contribution is -2.48. The third-order valence-electron chi connectivity index (χ3n) is 6.00. The number of hydrogen-bond acceptors (Lipinski definition) is 4. The molecule has 1 amide bonds. The molecule has 2 aliphatic heterocycles. The van der Waals surface area contributed by atoms with Gasteiger partial charge in [-0.25, -0.2) is 10.2 Å². The van der Waals surface area contributed by atoms with Gasteiger partial charge in [-0.1, -0.05) is 54.6 Å². The Labute approximate surface area is 168 Å². The van der Waals surface area contributed by atoms with Crippen molar-refractivity contribution in [1.29, 1.82) is 0 Å². The Morgan fingerprint density at radius 2 is 1.72 bits per heavy atom. The third-order valence-corrected chi connectivity index (χ3v) is 6.00. The van der Waals surface area contributed by atoms with Gasteiger partial charge in [0.1, 0.15) is 5.69 Å². The summed E-state index contributed by atoms with van der Waals surface area (Å²) in [6.07, 6.45) is 2.32. The van der Waals surface area contributed by atoms with Gasteiger partial charge in [0.25, 0.3) is 5.91 Å². The van der Waals surface area contributed by atoms with Crippen molar-refractivity contribution >= 4 is 5.91 Å². The SMILES string of the molecule is O=C(c1c[nH]c(=O)[nH]1)N1CCC2NNC(c3ccc(-c4ccccc4)cc3)C2C1. The molecule has 3 aromatic rings. The van der Waals surface area contributed by atoms with Gasteiger partial charge in [-0.2, -0.15) is 0 Å². The van der Waals surface area contributed by atoms with Gasteiger partial charge in [0, 0.05) is 31.2 Å². The molecular formula is C22H23N5O2. The lowest BCUT2D eigenvalue weighted by molar-refractivity contribution is 0.0647. The van der Waals surface area contributed by atoms with Crippen LogP contribution >= 0.6 is 0 Å². The Morgan fingerprint density at radius 1 is 0.966 bits per heavy atom. The number of H-pyrrole nitrogens is 2. The molecule has 4 N–H and O–H groups in total. The van der Waals surface area contributed by atoms with Crippen molar-refractivity contribution in [2.45, 2.75) is 18.5 Å². The number of hydrogen-bond donors (Lipinski definition) is 4. The van der Waals surface area contributed by atoms with E-state index >= 15 is 0 Å². The molecule has 148 valence electrons. The summed E-state index contributed by atoms with van der Waals surface area (Å²) < 4.78 is 0. The first kappa shape index (κ1) is 17.9. The number of likely N-dealkylation sites (tertiary alicyclic amines) is 1. The summed E-state index contributed by atoms with van der Waals surface area (Å²) in [5.41, 5.74) is 10.4. The van der Waals surface area contributed by atoms with Crippen molar-refractivity contribution in [3.63, 3.8) is 0 Å². The minimum absolute atomic E-state index is 0.130. The average Bonchev–Trinajstić information content (AvgIpc) is 3.40. The van der Waals surface area contributed by atoms with Gasteiger partial charge in [-0.3, -0.25) is 10.2 Å². The number of fused-ring (bicyclic) bond motifs is 1. The van der Waals surface area contributed by atoms with Crippen LogP contribution in [0, 0.1) is 5.92 Å². The van der Waals surface area contributed by atoms with E-state index in [9.17, 15) is 9.59 Å². The molecule has 29 heavy (non-hydrogen) atoms. The van der Waals surface area contributed by atoms with Gasteiger partial charge in [0.2, 0.25) is 0 Å².